The highest BCUT2D eigenvalue weighted by Crippen LogP contribution is 2.12. The van der Waals surface area contributed by atoms with E-state index in [1.807, 2.05) is 12.1 Å². The van der Waals surface area contributed by atoms with Crippen molar-refractivity contribution < 1.29 is 4.74 Å². The first-order valence-electron chi connectivity index (χ1n) is 4.61. The van der Waals surface area contributed by atoms with E-state index in [0.29, 0.717) is 5.88 Å². The third-order valence-corrected chi connectivity index (χ3v) is 1.83. The van der Waals surface area contributed by atoms with E-state index < -0.39 is 0 Å². The zero-order chi connectivity index (χ0) is 10.4. The molecule has 0 atom stereocenters. The molecule has 0 aromatic carbocycles. The van der Waals surface area contributed by atoms with Crippen LogP contribution in [0.1, 0.15) is 0 Å². The molecule has 4 heteroatoms. The van der Waals surface area contributed by atoms with Crippen LogP contribution in [0.25, 0.3) is 0 Å². The van der Waals surface area contributed by atoms with E-state index in [-0.39, 0.29) is 0 Å². The summed E-state index contributed by atoms with van der Waals surface area (Å²) in [5.74, 6) is 0.639. The van der Waals surface area contributed by atoms with E-state index in [9.17, 15) is 0 Å². The minimum atomic E-state index is 0.639. The van der Waals surface area contributed by atoms with Gasteiger partial charge in [-0.15, -0.1) is 0 Å². The fourth-order valence-corrected chi connectivity index (χ4v) is 1.05. The SMILES string of the molecule is COc1cc(NCCN(C)C)ccn1. The number of nitrogens with one attached hydrogen (secondary N) is 1. The minimum absolute atomic E-state index is 0.639. The molecule has 0 aliphatic carbocycles. The Bertz CT molecular complexity index is 276. The second kappa shape index (κ2) is 5.44. The molecule has 1 aromatic heterocycles. The standard InChI is InChI=1S/C10H17N3O/c1-13(2)7-6-11-9-4-5-12-10(8-9)14-3/h4-5,8H,6-7H2,1-3H3,(H,11,12). The Morgan fingerprint density at radius 3 is 2.93 bits per heavy atom. The normalized spacial score (nSPS) is 10.3. The number of methoxy groups -OCH3 is 1. The molecule has 1 rings (SSSR count). The predicted molar refractivity (Wildman–Crippen MR) is 57.8 cm³/mol. The molecule has 0 fully saturated rings. The number of pyridine rings is 1. The molecule has 14 heavy (non-hydrogen) atoms. The summed E-state index contributed by atoms with van der Waals surface area (Å²) in [7, 11) is 5.72. The van der Waals surface area contributed by atoms with Crippen LogP contribution in [0.3, 0.4) is 0 Å². The van der Waals surface area contributed by atoms with Gasteiger partial charge >= 0.3 is 0 Å². The maximum Gasteiger partial charge on any atom is 0.214 e. The number of anilines is 1. The first-order chi connectivity index (χ1) is 6.72. The van der Waals surface area contributed by atoms with Gasteiger partial charge in [-0.3, -0.25) is 0 Å². The summed E-state index contributed by atoms with van der Waals surface area (Å²) in [4.78, 5) is 6.16. The van der Waals surface area contributed by atoms with Crippen molar-refractivity contribution in [1.82, 2.24) is 9.88 Å². The van der Waals surface area contributed by atoms with Crippen molar-refractivity contribution in [1.29, 1.82) is 0 Å². The van der Waals surface area contributed by atoms with Crippen LogP contribution >= 0.6 is 0 Å². The molecule has 0 aliphatic rings. The lowest BCUT2D eigenvalue weighted by Crippen LogP contribution is -2.20. The zero-order valence-corrected chi connectivity index (χ0v) is 8.95. The van der Waals surface area contributed by atoms with Gasteiger partial charge in [-0.2, -0.15) is 0 Å². The van der Waals surface area contributed by atoms with Crippen LogP contribution in [0.15, 0.2) is 18.3 Å². The third kappa shape index (κ3) is 3.62. The number of hydrogen-bond acceptors (Lipinski definition) is 4. The van der Waals surface area contributed by atoms with E-state index in [1.54, 1.807) is 13.3 Å². The summed E-state index contributed by atoms with van der Waals surface area (Å²) >= 11 is 0. The number of likely N-dealkylation sites (N-methyl/N-ethyl adjacent to an activating group) is 1. The van der Waals surface area contributed by atoms with Crippen LogP contribution < -0.4 is 10.1 Å². The quantitative estimate of drug-likeness (QED) is 0.762. The Balaban J connectivity index is 2.42. The van der Waals surface area contributed by atoms with Crippen LogP contribution in [-0.2, 0) is 0 Å². The minimum Gasteiger partial charge on any atom is -0.481 e. The number of rotatable bonds is 5. The molecule has 1 N–H and O–H groups in total. The van der Waals surface area contributed by atoms with Crippen molar-refractivity contribution in [3.63, 3.8) is 0 Å². The first kappa shape index (κ1) is 10.8. The van der Waals surface area contributed by atoms with Gasteiger partial charge < -0.3 is 15.0 Å². The van der Waals surface area contributed by atoms with Gasteiger partial charge in [0.15, 0.2) is 0 Å². The van der Waals surface area contributed by atoms with Crippen LogP contribution in [0.5, 0.6) is 5.88 Å². The maximum atomic E-state index is 5.02. The van der Waals surface area contributed by atoms with Gasteiger partial charge in [-0.25, -0.2) is 4.98 Å². The summed E-state index contributed by atoms with van der Waals surface area (Å²) in [6.07, 6.45) is 1.73. The van der Waals surface area contributed by atoms with E-state index in [4.69, 9.17) is 4.74 Å². The summed E-state index contributed by atoms with van der Waals surface area (Å²) in [6, 6.07) is 3.81. The Hall–Kier alpha value is -1.29. The second-order valence-corrected chi connectivity index (χ2v) is 3.32. The zero-order valence-electron chi connectivity index (χ0n) is 8.95. The molecule has 1 aromatic rings. The maximum absolute atomic E-state index is 5.02. The molecule has 0 unspecified atom stereocenters. The van der Waals surface area contributed by atoms with Crippen molar-refractivity contribution in [3.05, 3.63) is 18.3 Å². The highest BCUT2D eigenvalue weighted by Gasteiger charge is 1.95. The Kier molecular flexibility index (Phi) is 4.19. The topological polar surface area (TPSA) is 37.4 Å². The highest BCUT2D eigenvalue weighted by atomic mass is 16.5. The van der Waals surface area contributed by atoms with Gasteiger partial charge in [0.25, 0.3) is 0 Å². The average molecular weight is 195 g/mol. The number of aromatic nitrogens is 1. The Morgan fingerprint density at radius 1 is 1.50 bits per heavy atom. The molecular formula is C10H17N3O. The van der Waals surface area contributed by atoms with Crippen molar-refractivity contribution >= 4 is 5.69 Å². The fraction of sp³-hybridized carbons (Fsp3) is 0.500. The molecule has 4 nitrogen and oxygen atoms in total. The molecule has 1 heterocycles. The molecule has 0 saturated heterocycles. The smallest absolute Gasteiger partial charge is 0.214 e. The Labute approximate surface area is 84.9 Å². The van der Waals surface area contributed by atoms with E-state index in [0.717, 1.165) is 18.8 Å². The van der Waals surface area contributed by atoms with Crippen LogP contribution in [-0.4, -0.2) is 44.2 Å². The van der Waals surface area contributed by atoms with Crippen molar-refractivity contribution in [2.45, 2.75) is 0 Å². The summed E-state index contributed by atoms with van der Waals surface area (Å²) in [6.45, 7) is 1.92. The lowest BCUT2D eigenvalue weighted by molar-refractivity contribution is 0.398. The molecule has 0 amide bonds. The van der Waals surface area contributed by atoms with Crippen molar-refractivity contribution in [2.24, 2.45) is 0 Å². The lowest BCUT2D eigenvalue weighted by atomic mass is 10.4. The van der Waals surface area contributed by atoms with Crippen LogP contribution in [0.4, 0.5) is 5.69 Å². The molecule has 0 radical (unpaired) electrons. The third-order valence-electron chi connectivity index (χ3n) is 1.83. The number of hydrogen-bond donors (Lipinski definition) is 1. The van der Waals surface area contributed by atoms with Gasteiger partial charge in [0.05, 0.1) is 7.11 Å². The molecule has 0 aliphatic heterocycles. The first-order valence-corrected chi connectivity index (χ1v) is 4.61. The second-order valence-electron chi connectivity index (χ2n) is 3.32. The van der Waals surface area contributed by atoms with Gasteiger partial charge in [-0.05, 0) is 20.2 Å². The van der Waals surface area contributed by atoms with Gasteiger partial charge in [0.2, 0.25) is 5.88 Å². The molecular weight excluding hydrogens is 178 g/mol. The van der Waals surface area contributed by atoms with Crippen LogP contribution in [0, 0.1) is 0 Å². The fourth-order valence-electron chi connectivity index (χ4n) is 1.05. The van der Waals surface area contributed by atoms with Gasteiger partial charge in [0.1, 0.15) is 0 Å². The Morgan fingerprint density at radius 2 is 2.29 bits per heavy atom. The molecule has 0 saturated carbocycles. The highest BCUT2D eigenvalue weighted by molar-refractivity contribution is 5.44. The monoisotopic (exact) mass is 195 g/mol. The predicted octanol–water partition coefficient (Wildman–Crippen LogP) is 1.06. The van der Waals surface area contributed by atoms with E-state index >= 15 is 0 Å². The van der Waals surface area contributed by atoms with E-state index in [1.165, 1.54) is 0 Å². The number of nitrogens with zero attached hydrogens (tertiary/aromatic N) is 2. The lowest BCUT2D eigenvalue weighted by Gasteiger charge is -2.11. The van der Waals surface area contributed by atoms with Gasteiger partial charge in [0, 0.05) is 31.0 Å². The molecule has 0 spiro atoms. The largest absolute Gasteiger partial charge is 0.481 e. The molecule has 0 bridgehead atoms. The average Bonchev–Trinajstić information content (AvgIpc) is 2.18. The summed E-state index contributed by atoms with van der Waals surface area (Å²) in [5, 5.41) is 3.29. The summed E-state index contributed by atoms with van der Waals surface area (Å²) in [5.41, 5.74) is 1.04. The van der Waals surface area contributed by atoms with Crippen molar-refractivity contribution in [3.8, 4) is 5.88 Å². The van der Waals surface area contributed by atoms with Crippen molar-refractivity contribution in [2.75, 3.05) is 39.6 Å². The van der Waals surface area contributed by atoms with Crippen LogP contribution in [0.2, 0.25) is 0 Å². The number of ether oxygens (including phenoxy) is 1. The van der Waals surface area contributed by atoms with E-state index in [2.05, 4.69) is 29.3 Å². The summed E-state index contributed by atoms with van der Waals surface area (Å²) < 4.78 is 5.02. The molecule has 78 valence electrons. The van der Waals surface area contributed by atoms with Gasteiger partial charge in [-0.1, -0.05) is 0 Å².